The van der Waals surface area contributed by atoms with Crippen molar-refractivity contribution in [1.29, 1.82) is 0 Å². The Labute approximate surface area is 157 Å². The maximum atomic E-state index is 11.4. The number of fused-ring (bicyclic) bond motifs is 2. The molecule has 0 spiro atoms. The molecule has 10 nitrogen and oxygen atoms in total. The van der Waals surface area contributed by atoms with Crippen LogP contribution in [0.1, 0.15) is 31.8 Å². The molecule has 140 valence electrons. The molecule has 0 aliphatic rings. The molecule has 0 saturated heterocycles. The van der Waals surface area contributed by atoms with Crippen molar-refractivity contribution in [3.05, 3.63) is 69.6 Å². The van der Waals surface area contributed by atoms with Gasteiger partial charge in [0, 0.05) is 40.5 Å². The summed E-state index contributed by atoms with van der Waals surface area (Å²) in [6.07, 6.45) is 6.35. The van der Waals surface area contributed by atoms with Crippen molar-refractivity contribution in [2.75, 3.05) is 0 Å². The molecule has 0 aromatic carbocycles. The highest BCUT2D eigenvalue weighted by Gasteiger charge is 2.11. The number of pyridine rings is 2. The Balaban J connectivity index is 0.000000162. The number of aryl methyl sites for hydroxylation is 2. The zero-order chi connectivity index (χ0) is 20.3. The van der Waals surface area contributed by atoms with Crippen LogP contribution in [0.25, 0.3) is 32.5 Å². The van der Waals surface area contributed by atoms with E-state index in [1.54, 1.807) is 12.4 Å². The summed E-state index contributed by atoms with van der Waals surface area (Å²) in [7, 11) is 0. The lowest BCUT2D eigenvalue weighted by atomic mass is 10.2. The Morgan fingerprint density at radius 3 is 2.00 bits per heavy atom. The third kappa shape index (κ3) is 3.67. The smallest absolute Gasteiger partial charge is 0.337 e. The molecule has 0 atom stereocenters. The largest absolute Gasteiger partial charge is 0.478 e. The number of carboxylic acid groups (broad SMARTS) is 1. The Kier molecular flexibility index (Phi) is 5.05. The number of hydrogen-bond acceptors (Lipinski definition) is 4. The minimum absolute atomic E-state index is 0.270. The van der Waals surface area contributed by atoms with Gasteiger partial charge in [-0.25, -0.2) is 14.8 Å². The monoisotopic (exact) mass is 377 g/mol. The number of carbonyl (C=O) groups excluding carboxylic acids is 1. The lowest BCUT2D eigenvalue weighted by molar-refractivity contribution is 0.0699. The van der Waals surface area contributed by atoms with Crippen LogP contribution in [0.4, 0.5) is 0 Å². The Hall–Kier alpha value is -4.17. The first kappa shape index (κ1) is 18.6. The van der Waals surface area contributed by atoms with Gasteiger partial charge in [0.1, 0.15) is 11.3 Å². The van der Waals surface area contributed by atoms with Crippen LogP contribution in [-0.4, -0.2) is 36.9 Å². The minimum atomic E-state index is -0.932. The second-order valence-electron chi connectivity index (χ2n) is 6.02. The number of hydrogen-bond donors (Lipinski definition) is 3. The average Bonchev–Trinajstić information content (AvgIpc) is 3.25. The first-order chi connectivity index (χ1) is 13.4. The predicted molar refractivity (Wildman–Crippen MR) is 102 cm³/mol. The molecule has 4 aromatic heterocycles. The number of carboxylic acids is 1. The van der Waals surface area contributed by atoms with E-state index in [4.69, 9.17) is 10.6 Å². The van der Waals surface area contributed by atoms with Gasteiger partial charge in [-0.05, 0) is 47.8 Å². The van der Waals surface area contributed by atoms with Gasteiger partial charge in [-0.3, -0.25) is 4.79 Å². The van der Waals surface area contributed by atoms with Crippen molar-refractivity contribution in [3.63, 3.8) is 0 Å². The Morgan fingerprint density at radius 2 is 1.50 bits per heavy atom. The number of aromatic carboxylic acids is 1. The summed E-state index contributed by atoms with van der Waals surface area (Å²) in [5.41, 5.74) is 11.9. The Bertz CT molecular complexity index is 1250. The van der Waals surface area contributed by atoms with Crippen molar-refractivity contribution in [3.8, 4) is 0 Å². The zero-order valence-electron chi connectivity index (χ0n) is 15.0. The molecule has 28 heavy (non-hydrogen) atoms. The molecule has 0 saturated carbocycles. The number of azide groups is 1. The molecule has 0 fully saturated rings. The van der Waals surface area contributed by atoms with Crippen molar-refractivity contribution in [2.45, 2.75) is 13.8 Å². The van der Waals surface area contributed by atoms with E-state index < -0.39 is 11.9 Å². The highest BCUT2D eigenvalue weighted by Crippen LogP contribution is 2.18. The molecule has 0 unspecified atom stereocenters. The molecule has 10 heteroatoms. The third-order valence-electron chi connectivity index (χ3n) is 3.93. The summed E-state index contributed by atoms with van der Waals surface area (Å²) in [5.74, 6) is -1.53. The topological polar surface area (TPSA) is 160 Å². The van der Waals surface area contributed by atoms with Gasteiger partial charge in [0.25, 0.3) is 5.91 Å². The number of aromatic nitrogens is 4. The average molecular weight is 377 g/mol. The fraction of sp³-hybridized carbons (Fsp3) is 0.111. The number of nitrogens with zero attached hydrogens (tertiary/aromatic N) is 5. The molecular weight excluding hydrogens is 362 g/mol. The van der Waals surface area contributed by atoms with Crippen LogP contribution in [0, 0.1) is 13.8 Å². The number of nitrogens with one attached hydrogen (secondary N) is 2. The van der Waals surface area contributed by atoms with Gasteiger partial charge in [-0.2, -0.15) is 0 Å². The zero-order valence-corrected chi connectivity index (χ0v) is 15.0. The van der Waals surface area contributed by atoms with Crippen molar-refractivity contribution in [1.82, 2.24) is 19.9 Å². The first-order valence-electron chi connectivity index (χ1n) is 8.11. The molecule has 4 aromatic rings. The van der Waals surface area contributed by atoms with Crippen LogP contribution in [-0.2, 0) is 0 Å². The van der Waals surface area contributed by atoms with E-state index in [2.05, 4.69) is 30.0 Å². The van der Waals surface area contributed by atoms with Crippen molar-refractivity contribution in [2.24, 2.45) is 5.11 Å². The predicted octanol–water partition coefficient (Wildman–Crippen LogP) is 3.89. The maximum Gasteiger partial charge on any atom is 0.337 e. The minimum Gasteiger partial charge on any atom is -0.478 e. The molecule has 0 aliphatic heterocycles. The standard InChI is InChI=1S/C9H7N5O.C9H8N2O2/c1-5-2-6-7(9(15)13-14-10)4-12-8(6)11-3-5;1-5-2-6-7(9(12)13)4-11-8(6)10-3-5/h2-4H,1H3,(H,11,12);2-4H,1H3,(H,10,11)(H,12,13). The number of carbonyl (C=O) groups is 2. The van der Waals surface area contributed by atoms with Crippen LogP contribution in [0.3, 0.4) is 0 Å². The summed E-state index contributed by atoms with van der Waals surface area (Å²) >= 11 is 0. The van der Waals surface area contributed by atoms with Crippen LogP contribution in [0.5, 0.6) is 0 Å². The van der Waals surface area contributed by atoms with E-state index in [-0.39, 0.29) is 5.56 Å². The van der Waals surface area contributed by atoms with Crippen LogP contribution >= 0.6 is 0 Å². The van der Waals surface area contributed by atoms with Crippen molar-refractivity contribution < 1.29 is 14.7 Å². The Morgan fingerprint density at radius 1 is 1.00 bits per heavy atom. The lowest BCUT2D eigenvalue weighted by Gasteiger charge is -1.93. The van der Waals surface area contributed by atoms with Gasteiger partial charge in [-0.15, -0.1) is 0 Å². The molecule has 0 aliphatic carbocycles. The normalized spacial score (nSPS) is 10.2. The highest BCUT2D eigenvalue weighted by atomic mass is 16.4. The van der Waals surface area contributed by atoms with Gasteiger partial charge in [0.05, 0.1) is 11.1 Å². The van der Waals surface area contributed by atoms with Crippen LogP contribution in [0.15, 0.2) is 42.0 Å². The lowest BCUT2D eigenvalue weighted by Crippen LogP contribution is -1.93. The highest BCUT2D eigenvalue weighted by molar-refractivity contribution is 6.06. The summed E-state index contributed by atoms with van der Waals surface area (Å²) in [6, 6.07) is 3.63. The quantitative estimate of drug-likeness (QED) is 0.274. The van der Waals surface area contributed by atoms with Gasteiger partial charge in [0.15, 0.2) is 0 Å². The van der Waals surface area contributed by atoms with E-state index in [0.717, 1.165) is 11.1 Å². The SMILES string of the molecule is Cc1cnc2[nH]cc(C(=O)N=[N+]=[N-])c2c1.Cc1cnc2[nH]cc(C(=O)O)c2c1. The van der Waals surface area contributed by atoms with Gasteiger partial charge in [-0.1, -0.05) is 0 Å². The van der Waals surface area contributed by atoms with Gasteiger partial charge >= 0.3 is 5.97 Å². The second-order valence-corrected chi connectivity index (χ2v) is 6.02. The molecule has 0 bridgehead atoms. The summed E-state index contributed by atoms with van der Waals surface area (Å²) in [5, 5.41) is 13.2. The summed E-state index contributed by atoms with van der Waals surface area (Å²) in [4.78, 5) is 38.4. The van der Waals surface area contributed by atoms with Gasteiger partial charge < -0.3 is 15.1 Å². The molecular formula is C18H15N7O3. The maximum absolute atomic E-state index is 11.4. The van der Waals surface area contributed by atoms with E-state index in [1.807, 2.05) is 26.0 Å². The van der Waals surface area contributed by atoms with E-state index in [9.17, 15) is 9.59 Å². The molecule has 4 rings (SSSR count). The molecule has 3 N–H and O–H groups in total. The summed E-state index contributed by atoms with van der Waals surface area (Å²) in [6.45, 7) is 3.76. The molecule has 0 radical (unpaired) electrons. The van der Waals surface area contributed by atoms with E-state index >= 15 is 0 Å². The van der Waals surface area contributed by atoms with Crippen LogP contribution < -0.4 is 0 Å². The number of rotatable bonds is 2. The fourth-order valence-electron chi connectivity index (χ4n) is 2.66. The third-order valence-corrected chi connectivity index (χ3v) is 3.93. The van der Waals surface area contributed by atoms with E-state index in [0.29, 0.717) is 27.6 Å². The van der Waals surface area contributed by atoms with Crippen molar-refractivity contribution >= 4 is 33.9 Å². The number of H-pyrrole nitrogens is 2. The van der Waals surface area contributed by atoms with E-state index in [1.165, 1.54) is 12.4 Å². The number of aromatic amines is 2. The summed E-state index contributed by atoms with van der Waals surface area (Å²) < 4.78 is 0. The molecule has 4 heterocycles. The second kappa shape index (κ2) is 7.60. The van der Waals surface area contributed by atoms with Crippen LogP contribution in [0.2, 0.25) is 0 Å². The number of amides is 1. The molecule has 1 amide bonds. The fourth-order valence-corrected chi connectivity index (χ4v) is 2.66. The first-order valence-corrected chi connectivity index (χ1v) is 8.11. The van der Waals surface area contributed by atoms with Gasteiger partial charge in [0.2, 0.25) is 0 Å².